The van der Waals surface area contributed by atoms with Crippen molar-refractivity contribution < 1.29 is 4.52 Å². The molecule has 0 saturated carbocycles. The molecular formula is C15H16N4OS. The van der Waals surface area contributed by atoms with Crippen molar-refractivity contribution in [1.29, 1.82) is 0 Å². The Morgan fingerprint density at radius 2 is 1.95 bits per heavy atom. The van der Waals surface area contributed by atoms with Gasteiger partial charge in [-0.3, -0.25) is 10.3 Å². The topological polar surface area (TPSA) is 63.8 Å². The first-order chi connectivity index (χ1) is 10.2. The summed E-state index contributed by atoms with van der Waals surface area (Å²) < 4.78 is 5.36. The molecule has 1 N–H and O–H groups in total. The van der Waals surface area contributed by atoms with E-state index < -0.39 is 0 Å². The van der Waals surface area contributed by atoms with Crippen LogP contribution >= 0.6 is 11.3 Å². The van der Waals surface area contributed by atoms with E-state index in [1.165, 1.54) is 5.56 Å². The minimum absolute atomic E-state index is 0.0191. The van der Waals surface area contributed by atoms with Crippen molar-refractivity contribution in [2.45, 2.75) is 25.9 Å². The molecular weight excluding hydrogens is 284 g/mol. The van der Waals surface area contributed by atoms with Gasteiger partial charge >= 0.3 is 0 Å². The molecule has 0 aliphatic heterocycles. The molecule has 6 heteroatoms. The van der Waals surface area contributed by atoms with Gasteiger partial charge in [0.05, 0.1) is 10.9 Å². The lowest BCUT2D eigenvalue weighted by Gasteiger charge is -2.17. The largest absolute Gasteiger partial charge is 0.337 e. The van der Waals surface area contributed by atoms with Crippen LogP contribution in [-0.2, 0) is 0 Å². The lowest BCUT2D eigenvalue weighted by atomic mass is 10.1. The molecule has 2 atom stereocenters. The second kappa shape index (κ2) is 6.15. The number of pyridine rings is 1. The average molecular weight is 300 g/mol. The van der Waals surface area contributed by atoms with Crippen LogP contribution in [0.3, 0.4) is 0 Å². The number of nitrogens with zero attached hydrogens (tertiary/aromatic N) is 3. The maximum Gasteiger partial charge on any atom is 0.243 e. The number of aromatic nitrogens is 3. The van der Waals surface area contributed by atoms with E-state index in [4.69, 9.17) is 4.52 Å². The molecule has 108 valence electrons. The number of thiophene rings is 1. The van der Waals surface area contributed by atoms with Crippen LogP contribution < -0.4 is 5.32 Å². The molecule has 0 aliphatic rings. The summed E-state index contributed by atoms with van der Waals surface area (Å²) >= 11 is 1.60. The number of hydrogen-bond donors (Lipinski definition) is 1. The van der Waals surface area contributed by atoms with E-state index in [-0.39, 0.29) is 12.1 Å². The Balaban J connectivity index is 1.70. The summed E-state index contributed by atoms with van der Waals surface area (Å²) in [6, 6.07) is 8.11. The molecule has 21 heavy (non-hydrogen) atoms. The zero-order valence-corrected chi connectivity index (χ0v) is 12.7. The van der Waals surface area contributed by atoms with E-state index in [0.29, 0.717) is 11.7 Å². The van der Waals surface area contributed by atoms with Crippen LogP contribution in [0.5, 0.6) is 0 Å². The van der Waals surface area contributed by atoms with Crippen molar-refractivity contribution >= 4 is 11.3 Å². The quantitative estimate of drug-likeness (QED) is 0.780. The van der Waals surface area contributed by atoms with Crippen molar-refractivity contribution in [1.82, 2.24) is 20.4 Å². The molecule has 0 spiro atoms. The van der Waals surface area contributed by atoms with Gasteiger partial charge in [0.15, 0.2) is 0 Å². The molecule has 0 aliphatic carbocycles. The summed E-state index contributed by atoms with van der Waals surface area (Å²) in [6.45, 7) is 4.12. The highest BCUT2D eigenvalue weighted by atomic mass is 32.1. The fourth-order valence-corrected chi connectivity index (χ4v) is 2.76. The Labute approximate surface area is 127 Å². The second-order valence-corrected chi connectivity index (χ2v) is 5.77. The molecule has 0 amide bonds. The molecule has 5 nitrogen and oxygen atoms in total. The average Bonchev–Trinajstić information content (AvgIpc) is 3.19. The Kier molecular flexibility index (Phi) is 4.08. The van der Waals surface area contributed by atoms with Gasteiger partial charge in [-0.15, -0.1) is 11.3 Å². The van der Waals surface area contributed by atoms with Gasteiger partial charge in [0, 0.05) is 18.4 Å². The molecule has 3 aromatic heterocycles. The van der Waals surface area contributed by atoms with Gasteiger partial charge < -0.3 is 4.52 Å². The summed E-state index contributed by atoms with van der Waals surface area (Å²) in [6.07, 6.45) is 3.58. The van der Waals surface area contributed by atoms with Crippen molar-refractivity contribution in [3.63, 3.8) is 0 Å². The highest BCUT2D eigenvalue weighted by Gasteiger charge is 2.18. The third-order valence-electron chi connectivity index (χ3n) is 3.26. The fraction of sp³-hybridized carbons (Fsp3) is 0.267. The van der Waals surface area contributed by atoms with E-state index in [1.807, 2.05) is 36.6 Å². The van der Waals surface area contributed by atoms with E-state index in [0.717, 1.165) is 4.88 Å². The van der Waals surface area contributed by atoms with Crippen molar-refractivity contribution in [3.8, 4) is 10.7 Å². The standard InChI is InChI=1S/C15H16N4OS/c1-10(12-5-7-16-8-6-12)17-11(2)15-18-14(19-20-15)13-4-3-9-21-13/h3-11,17H,1-2H3/t10-,11+/m0/s1. The Morgan fingerprint density at radius 3 is 2.67 bits per heavy atom. The maximum absolute atomic E-state index is 5.36. The highest BCUT2D eigenvalue weighted by Crippen LogP contribution is 2.24. The van der Waals surface area contributed by atoms with Gasteiger partial charge in [-0.25, -0.2) is 0 Å². The predicted octanol–water partition coefficient (Wildman–Crippen LogP) is 3.60. The molecule has 3 heterocycles. The van der Waals surface area contributed by atoms with Crippen LogP contribution in [0.1, 0.15) is 37.4 Å². The van der Waals surface area contributed by atoms with Gasteiger partial charge in [0.25, 0.3) is 0 Å². The van der Waals surface area contributed by atoms with Gasteiger partial charge in [-0.2, -0.15) is 4.98 Å². The zero-order valence-electron chi connectivity index (χ0n) is 11.9. The van der Waals surface area contributed by atoms with Crippen molar-refractivity contribution in [2.75, 3.05) is 0 Å². The van der Waals surface area contributed by atoms with Crippen LogP contribution in [-0.4, -0.2) is 15.1 Å². The highest BCUT2D eigenvalue weighted by molar-refractivity contribution is 7.13. The van der Waals surface area contributed by atoms with Crippen LogP contribution in [0, 0.1) is 0 Å². The lowest BCUT2D eigenvalue weighted by molar-refractivity contribution is 0.328. The van der Waals surface area contributed by atoms with Gasteiger partial charge in [0.1, 0.15) is 0 Å². The first-order valence-electron chi connectivity index (χ1n) is 6.77. The predicted molar refractivity (Wildman–Crippen MR) is 81.8 cm³/mol. The number of rotatable bonds is 5. The molecule has 0 bridgehead atoms. The summed E-state index contributed by atoms with van der Waals surface area (Å²) in [7, 11) is 0. The lowest BCUT2D eigenvalue weighted by Crippen LogP contribution is -2.22. The van der Waals surface area contributed by atoms with Crippen LogP contribution in [0.4, 0.5) is 0 Å². The van der Waals surface area contributed by atoms with Crippen LogP contribution in [0.25, 0.3) is 10.7 Å². The fourth-order valence-electron chi connectivity index (χ4n) is 2.11. The Bertz CT molecular complexity index is 681. The number of nitrogens with one attached hydrogen (secondary N) is 1. The summed E-state index contributed by atoms with van der Waals surface area (Å²) in [4.78, 5) is 9.50. The molecule has 3 rings (SSSR count). The normalized spacial score (nSPS) is 14.0. The summed E-state index contributed by atoms with van der Waals surface area (Å²) in [5.74, 6) is 1.24. The van der Waals surface area contributed by atoms with E-state index in [9.17, 15) is 0 Å². The van der Waals surface area contributed by atoms with Crippen molar-refractivity contribution in [3.05, 3.63) is 53.5 Å². The minimum atomic E-state index is -0.0191. The molecule has 0 aromatic carbocycles. The second-order valence-electron chi connectivity index (χ2n) is 4.82. The monoisotopic (exact) mass is 300 g/mol. The Morgan fingerprint density at radius 1 is 1.14 bits per heavy atom. The third-order valence-corrected chi connectivity index (χ3v) is 4.13. The maximum atomic E-state index is 5.36. The SMILES string of the molecule is C[C@H](N[C@H](C)c1nc(-c2cccs2)no1)c1ccncc1. The van der Waals surface area contributed by atoms with E-state index in [1.54, 1.807) is 23.7 Å². The molecule has 0 radical (unpaired) electrons. The van der Waals surface area contributed by atoms with Crippen molar-refractivity contribution in [2.24, 2.45) is 0 Å². The molecule has 0 fully saturated rings. The van der Waals surface area contributed by atoms with Crippen LogP contribution in [0.15, 0.2) is 46.6 Å². The first-order valence-corrected chi connectivity index (χ1v) is 7.65. The third kappa shape index (κ3) is 3.17. The zero-order chi connectivity index (χ0) is 14.7. The minimum Gasteiger partial charge on any atom is -0.337 e. The summed E-state index contributed by atoms with van der Waals surface area (Å²) in [5, 5.41) is 9.48. The molecule has 3 aromatic rings. The molecule has 0 unspecified atom stereocenters. The van der Waals surface area contributed by atoms with Gasteiger partial charge in [0.2, 0.25) is 11.7 Å². The number of hydrogen-bond acceptors (Lipinski definition) is 6. The van der Waals surface area contributed by atoms with E-state index >= 15 is 0 Å². The Hall–Kier alpha value is -2.05. The van der Waals surface area contributed by atoms with Gasteiger partial charge in [-0.1, -0.05) is 11.2 Å². The smallest absolute Gasteiger partial charge is 0.243 e. The van der Waals surface area contributed by atoms with E-state index in [2.05, 4.69) is 27.4 Å². The molecule has 0 saturated heterocycles. The van der Waals surface area contributed by atoms with Gasteiger partial charge in [-0.05, 0) is 43.0 Å². The summed E-state index contributed by atoms with van der Waals surface area (Å²) in [5.41, 5.74) is 1.18. The van der Waals surface area contributed by atoms with Crippen LogP contribution in [0.2, 0.25) is 0 Å². The first kappa shape index (κ1) is 13.9.